The minimum Gasteiger partial charge on any atom is -0.365 e. The number of carbonyl (C=O) groups excluding carboxylic acids is 1. The summed E-state index contributed by atoms with van der Waals surface area (Å²) in [4.78, 5) is 16.8. The van der Waals surface area contributed by atoms with Gasteiger partial charge in [0, 0.05) is 19.6 Å². The van der Waals surface area contributed by atoms with Crippen molar-refractivity contribution in [3.8, 4) is 0 Å². The number of likely N-dealkylation sites (tertiary alicyclic amines) is 1. The number of nitrogens with zero attached hydrogens (tertiary/aromatic N) is 1. The van der Waals surface area contributed by atoms with Crippen molar-refractivity contribution in [2.24, 2.45) is 0 Å². The molecule has 1 fully saturated rings. The molecule has 4 nitrogen and oxygen atoms in total. The Morgan fingerprint density at radius 2 is 1.26 bits per heavy atom. The van der Waals surface area contributed by atoms with Crippen molar-refractivity contribution in [3.05, 3.63) is 143 Å². The molecule has 6 rings (SSSR count). The van der Waals surface area contributed by atoms with Crippen LogP contribution < -0.4 is 5.32 Å². The van der Waals surface area contributed by atoms with Crippen LogP contribution in [0.15, 0.2) is 115 Å². The Morgan fingerprint density at radius 3 is 1.82 bits per heavy atom. The number of benzene rings is 4. The normalized spacial score (nSPS) is 16.6. The van der Waals surface area contributed by atoms with Gasteiger partial charge in [-0.25, -0.2) is 0 Å². The van der Waals surface area contributed by atoms with E-state index in [1.165, 1.54) is 11.1 Å². The molecular weight excluding hydrogens is 480 g/mol. The summed E-state index contributed by atoms with van der Waals surface area (Å²) in [6.07, 6.45) is 2.95. The molecule has 39 heavy (non-hydrogen) atoms. The standard InChI is InChI=1S/C35H36N2O2/c38-33(36-23-12-24-37-25-21-34(22-26-37)32-20-11-10-13-28(32)27-39-34)35(29-14-4-1-5-15-29,30-16-6-2-7-17-30)31-18-8-3-9-19-31/h1-11,13-20H,12,21-27H2,(H,36,38). The summed E-state index contributed by atoms with van der Waals surface area (Å²) in [7, 11) is 0. The zero-order valence-electron chi connectivity index (χ0n) is 22.4. The fourth-order valence-corrected chi connectivity index (χ4v) is 6.53. The van der Waals surface area contributed by atoms with E-state index in [1.54, 1.807) is 0 Å². The molecule has 198 valence electrons. The number of hydrogen-bond acceptors (Lipinski definition) is 3. The van der Waals surface area contributed by atoms with E-state index >= 15 is 0 Å². The van der Waals surface area contributed by atoms with Gasteiger partial charge in [-0.05, 0) is 53.6 Å². The molecule has 1 spiro atoms. The van der Waals surface area contributed by atoms with Crippen molar-refractivity contribution in [1.29, 1.82) is 0 Å². The smallest absolute Gasteiger partial charge is 0.239 e. The second-order valence-corrected chi connectivity index (χ2v) is 10.7. The van der Waals surface area contributed by atoms with Crippen LogP contribution in [0.2, 0.25) is 0 Å². The summed E-state index contributed by atoms with van der Waals surface area (Å²) in [5, 5.41) is 3.33. The first-order valence-electron chi connectivity index (χ1n) is 14.1. The quantitative estimate of drug-likeness (QED) is 0.229. The molecule has 4 aromatic rings. The zero-order chi connectivity index (χ0) is 26.5. The Balaban J connectivity index is 1.14. The van der Waals surface area contributed by atoms with Gasteiger partial charge in [-0.1, -0.05) is 115 Å². The van der Waals surface area contributed by atoms with Crippen LogP contribution in [0.3, 0.4) is 0 Å². The Kier molecular flexibility index (Phi) is 7.32. The van der Waals surface area contributed by atoms with Crippen LogP contribution >= 0.6 is 0 Å². The number of carbonyl (C=O) groups is 1. The Hall–Kier alpha value is -3.73. The molecule has 4 aromatic carbocycles. The maximum atomic E-state index is 14.3. The number of nitrogens with one attached hydrogen (secondary N) is 1. The van der Waals surface area contributed by atoms with E-state index in [2.05, 4.69) is 70.9 Å². The first-order valence-corrected chi connectivity index (χ1v) is 14.1. The SMILES string of the molecule is O=C(NCCCN1CCC2(CC1)OCc1ccccc12)C(c1ccccc1)(c1ccccc1)c1ccccc1. The maximum Gasteiger partial charge on any atom is 0.239 e. The van der Waals surface area contributed by atoms with E-state index in [0.29, 0.717) is 6.54 Å². The Labute approximate surface area is 231 Å². The topological polar surface area (TPSA) is 41.6 Å². The van der Waals surface area contributed by atoms with Gasteiger partial charge in [-0.2, -0.15) is 0 Å². The number of amides is 1. The second-order valence-electron chi connectivity index (χ2n) is 10.7. The summed E-state index contributed by atoms with van der Waals surface area (Å²) in [5.41, 5.74) is 4.61. The second kappa shape index (κ2) is 11.2. The molecule has 1 amide bonds. The molecule has 2 aliphatic heterocycles. The molecular formula is C35H36N2O2. The van der Waals surface area contributed by atoms with Crippen LogP contribution in [-0.2, 0) is 27.2 Å². The minimum atomic E-state index is -0.922. The van der Waals surface area contributed by atoms with Gasteiger partial charge in [0.25, 0.3) is 0 Å². The monoisotopic (exact) mass is 516 g/mol. The number of ether oxygens (including phenoxy) is 1. The molecule has 2 aliphatic rings. The van der Waals surface area contributed by atoms with Gasteiger partial charge < -0.3 is 15.0 Å². The molecule has 0 radical (unpaired) electrons. The summed E-state index contributed by atoms with van der Waals surface area (Å²) in [6.45, 7) is 4.36. The lowest BCUT2D eigenvalue weighted by molar-refractivity contribution is -0.124. The number of fused-ring (bicyclic) bond motifs is 2. The van der Waals surface area contributed by atoms with Crippen molar-refractivity contribution in [1.82, 2.24) is 10.2 Å². The van der Waals surface area contributed by atoms with E-state index in [-0.39, 0.29) is 11.5 Å². The van der Waals surface area contributed by atoms with Crippen LogP contribution in [0, 0.1) is 0 Å². The average molecular weight is 517 g/mol. The summed E-state index contributed by atoms with van der Waals surface area (Å²) < 4.78 is 6.34. The maximum absolute atomic E-state index is 14.3. The first kappa shape index (κ1) is 25.5. The Morgan fingerprint density at radius 1 is 0.744 bits per heavy atom. The molecule has 0 saturated carbocycles. The molecule has 2 heterocycles. The van der Waals surface area contributed by atoms with Crippen molar-refractivity contribution in [2.75, 3.05) is 26.2 Å². The van der Waals surface area contributed by atoms with E-state index in [9.17, 15) is 4.79 Å². The predicted molar refractivity (Wildman–Crippen MR) is 155 cm³/mol. The van der Waals surface area contributed by atoms with E-state index < -0.39 is 5.41 Å². The van der Waals surface area contributed by atoms with Gasteiger partial charge in [0.15, 0.2) is 0 Å². The third-order valence-corrected chi connectivity index (χ3v) is 8.57. The molecule has 1 N–H and O–H groups in total. The molecule has 0 unspecified atom stereocenters. The van der Waals surface area contributed by atoms with Crippen molar-refractivity contribution in [2.45, 2.75) is 36.9 Å². The number of hydrogen-bond donors (Lipinski definition) is 1. The summed E-state index contributed by atoms with van der Waals surface area (Å²) in [5.74, 6) is 0.0136. The highest BCUT2D eigenvalue weighted by molar-refractivity contribution is 5.96. The molecule has 1 saturated heterocycles. The van der Waals surface area contributed by atoms with Crippen molar-refractivity contribution >= 4 is 5.91 Å². The fourth-order valence-electron chi connectivity index (χ4n) is 6.53. The lowest BCUT2D eigenvalue weighted by atomic mass is 9.68. The van der Waals surface area contributed by atoms with Gasteiger partial charge in [0.1, 0.15) is 5.41 Å². The van der Waals surface area contributed by atoms with Crippen LogP contribution in [-0.4, -0.2) is 37.0 Å². The summed E-state index contributed by atoms with van der Waals surface area (Å²) in [6, 6.07) is 39.1. The third kappa shape index (κ3) is 4.80. The van der Waals surface area contributed by atoms with Gasteiger partial charge in [-0.3, -0.25) is 4.79 Å². The van der Waals surface area contributed by atoms with Crippen LogP contribution in [0.1, 0.15) is 47.1 Å². The minimum absolute atomic E-state index is 0.0136. The van der Waals surface area contributed by atoms with Crippen molar-refractivity contribution in [3.63, 3.8) is 0 Å². The van der Waals surface area contributed by atoms with Gasteiger partial charge in [0.2, 0.25) is 5.91 Å². The van der Waals surface area contributed by atoms with Crippen LogP contribution in [0.4, 0.5) is 0 Å². The van der Waals surface area contributed by atoms with Crippen LogP contribution in [0.5, 0.6) is 0 Å². The largest absolute Gasteiger partial charge is 0.365 e. The number of piperidine rings is 1. The highest BCUT2D eigenvalue weighted by atomic mass is 16.5. The molecule has 0 bridgehead atoms. The van der Waals surface area contributed by atoms with Crippen molar-refractivity contribution < 1.29 is 9.53 Å². The molecule has 4 heteroatoms. The van der Waals surface area contributed by atoms with Crippen LogP contribution in [0.25, 0.3) is 0 Å². The number of rotatable bonds is 8. The molecule has 0 atom stereocenters. The summed E-state index contributed by atoms with van der Waals surface area (Å²) >= 11 is 0. The Bertz CT molecular complexity index is 1280. The van der Waals surface area contributed by atoms with E-state index in [4.69, 9.17) is 4.74 Å². The highest BCUT2D eigenvalue weighted by Gasteiger charge is 2.44. The van der Waals surface area contributed by atoms with E-state index in [0.717, 1.165) is 62.2 Å². The first-order chi connectivity index (χ1) is 19.2. The van der Waals surface area contributed by atoms with Gasteiger partial charge in [-0.15, -0.1) is 0 Å². The zero-order valence-corrected chi connectivity index (χ0v) is 22.4. The highest BCUT2D eigenvalue weighted by Crippen LogP contribution is 2.44. The molecule has 0 aliphatic carbocycles. The van der Waals surface area contributed by atoms with Gasteiger partial charge in [0.05, 0.1) is 12.2 Å². The third-order valence-electron chi connectivity index (χ3n) is 8.57. The lowest BCUT2D eigenvalue weighted by Crippen LogP contribution is -2.47. The predicted octanol–water partition coefficient (Wildman–Crippen LogP) is 6.05. The average Bonchev–Trinajstić information content (AvgIpc) is 3.36. The fraction of sp³-hybridized carbons (Fsp3) is 0.286. The molecule has 0 aromatic heterocycles. The van der Waals surface area contributed by atoms with Gasteiger partial charge >= 0.3 is 0 Å². The lowest BCUT2D eigenvalue weighted by Gasteiger charge is -2.39. The van der Waals surface area contributed by atoms with E-state index in [1.807, 2.05) is 54.6 Å².